The molecule has 5 nitrogen and oxygen atoms in total. The largest absolute Gasteiger partial charge is 0.462 e. The Morgan fingerprint density at radius 1 is 1.12 bits per heavy atom. The quantitative estimate of drug-likeness (QED) is 0.770. The highest BCUT2D eigenvalue weighted by Gasteiger charge is 2.34. The van der Waals surface area contributed by atoms with Gasteiger partial charge in [0.1, 0.15) is 0 Å². The van der Waals surface area contributed by atoms with Crippen LogP contribution in [0.3, 0.4) is 0 Å². The van der Waals surface area contributed by atoms with Gasteiger partial charge in [-0.1, -0.05) is 11.6 Å². The molecular formula is C17H14ClF3N2O3. The van der Waals surface area contributed by atoms with E-state index in [1.807, 2.05) is 0 Å². The Labute approximate surface area is 152 Å². The predicted molar refractivity (Wildman–Crippen MR) is 90.6 cm³/mol. The standard InChI is InChI=1S/C17H14ClF3N2O3/c1-2-26-15(24)10-3-5-11(6-4-10)23(16(22)25)12-7-8-14(18)13(9-12)17(19,20)21/h3-9H,2H2,1H3,(H2,22,25). The number of ether oxygens (including phenoxy) is 1. The first-order chi connectivity index (χ1) is 12.1. The number of nitrogens with zero attached hydrogens (tertiary/aromatic N) is 1. The van der Waals surface area contributed by atoms with Gasteiger partial charge in [0.15, 0.2) is 0 Å². The Morgan fingerprint density at radius 3 is 2.19 bits per heavy atom. The van der Waals surface area contributed by atoms with E-state index in [-0.39, 0.29) is 23.5 Å². The van der Waals surface area contributed by atoms with Crippen LogP contribution in [0.5, 0.6) is 0 Å². The maximum Gasteiger partial charge on any atom is 0.417 e. The fraction of sp³-hybridized carbons (Fsp3) is 0.176. The van der Waals surface area contributed by atoms with Crippen LogP contribution in [0.25, 0.3) is 0 Å². The van der Waals surface area contributed by atoms with Gasteiger partial charge in [-0.3, -0.25) is 4.90 Å². The number of benzene rings is 2. The molecule has 26 heavy (non-hydrogen) atoms. The molecule has 2 N–H and O–H groups in total. The number of esters is 1. The Kier molecular flexibility index (Phi) is 5.76. The minimum absolute atomic E-state index is 0.113. The van der Waals surface area contributed by atoms with Crippen LogP contribution in [-0.2, 0) is 10.9 Å². The van der Waals surface area contributed by atoms with Crippen molar-refractivity contribution in [3.05, 3.63) is 58.6 Å². The third kappa shape index (κ3) is 4.26. The van der Waals surface area contributed by atoms with Crippen molar-refractivity contribution >= 4 is 35.0 Å². The zero-order valence-electron chi connectivity index (χ0n) is 13.5. The van der Waals surface area contributed by atoms with E-state index in [0.717, 1.165) is 17.0 Å². The number of amides is 2. The van der Waals surface area contributed by atoms with Gasteiger partial charge in [0.25, 0.3) is 0 Å². The van der Waals surface area contributed by atoms with Gasteiger partial charge in [-0.25, -0.2) is 9.59 Å². The predicted octanol–water partition coefficient (Wildman–Crippen LogP) is 4.75. The van der Waals surface area contributed by atoms with E-state index in [4.69, 9.17) is 22.1 Å². The van der Waals surface area contributed by atoms with Crippen LogP contribution in [0.1, 0.15) is 22.8 Å². The zero-order valence-corrected chi connectivity index (χ0v) is 14.3. The minimum atomic E-state index is -4.69. The van der Waals surface area contributed by atoms with Crippen molar-refractivity contribution in [2.24, 2.45) is 5.73 Å². The fourth-order valence-corrected chi connectivity index (χ4v) is 2.46. The Balaban J connectivity index is 2.44. The third-order valence-electron chi connectivity index (χ3n) is 3.37. The molecule has 0 aliphatic rings. The molecule has 2 aromatic rings. The number of carbonyl (C=O) groups excluding carboxylic acids is 2. The first kappa shape index (κ1) is 19.6. The number of hydrogen-bond acceptors (Lipinski definition) is 3. The van der Waals surface area contributed by atoms with E-state index >= 15 is 0 Å². The summed E-state index contributed by atoms with van der Waals surface area (Å²) < 4.78 is 44.0. The van der Waals surface area contributed by atoms with Gasteiger partial charge in [-0.05, 0) is 49.4 Å². The molecule has 0 fully saturated rings. The third-order valence-corrected chi connectivity index (χ3v) is 3.70. The maximum atomic E-state index is 13.0. The van der Waals surface area contributed by atoms with Crippen LogP contribution in [0, 0.1) is 0 Å². The maximum absolute atomic E-state index is 13.0. The van der Waals surface area contributed by atoms with Crippen molar-refractivity contribution in [2.75, 3.05) is 11.5 Å². The lowest BCUT2D eigenvalue weighted by molar-refractivity contribution is -0.137. The SMILES string of the molecule is CCOC(=O)c1ccc(N(C(N)=O)c2ccc(Cl)c(C(F)(F)F)c2)cc1. The molecule has 0 spiro atoms. The molecule has 0 saturated heterocycles. The van der Waals surface area contributed by atoms with Gasteiger partial charge in [-0.15, -0.1) is 0 Å². The lowest BCUT2D eigenvalue weighted by atomic mass is 10.1. The zero-order chi connectivity index (χ0) is 19.5. The lowest BCUT2D eigenvalue weighted by Gasteiger charge is -2.22. The summed E-state index contributed by atoms with van der Waals surface area (Å²) >= 11 is 5.59. The number of urea groups is 1. The molecular weight excluding hydrogens is 373 g/mol. The normalized spacial score (nSPS) is 11.1. The molecule has 0 radical (unpaired) electrons. The highest BCUT2D eigenvalue weighted by Crippen LogP contribution is 2.38. The molecule has 0 aliphatic carbocycles. The Bertz CT molecular complexity index is 823. The smallest absolute Gasteiger partial charge is 0.417 e. The molecule has 0 aromatic heterocycles. The van der Waals surface area contributed by atoms with Crippen LogP contribution < -0.4 is 10.6 Å². The Hall–Kier alpha value is -2.74. The molecule has 0 heterocycles. The van der Waals surface area contributed by atoms with Gasteiger partial charge >= 0.3 is 18.2 Å². The molecule has 0 atom stereocenters. The van der Waals surface area contributed by atoms with E-state index in [2.05, 4.69) is 0 Å². The van der Waals surface area contributed by atoms with Crippen LogP contribution in [0.15, 0.2) is 42.5 Å². The summed E-state index contributed by atoms with van der Waals surface area (Å²) in [5, 5.41) is -0.497. The van der Waals surface area contributed by atoms with Crippen LogP contribution >= 0.6 is 11.6 Å². The van der Waals surface area contributed by atoms with Gasteiger partial charge in [0.05, 0.1) is 34.1 Å². The van der Waals surface area contributed by atoms with Crippen molar-refractivity contribution in [1.29, 1.82) is 0 Å². The van der Waals surface area contributed by atoms with Crippen molar-refractivity contribution < 1.29 is 27.5 Å². The van der Waals surface area contributed by atoms with E-state index < -0.39 is 28.8 Å². The van der Waals surface area contributed by atoms with Crippen molar-refractivity contribution in [3.8, 4) is 0 Å². The summed E-state index contributed by atoms with van der Waals surface area (Å²) in [5.74, 6) is -0.560. The molecule has 0 aliphatic heterocycles. The average molecular weight is 387 g/mol. The van der Waals surface area contributed by atoms with Crippen LogP contribution in [0.2, 0.25) is 5.02 Å². The summed E-state index contributed by atoms with van der Waals surface area (Å²) in [5.41, 5.74) is 4.53. The second kappa shape index (κ2) is 7.65. The van der Waals surface area contributed by atoms with Gasteiger partial charge in [-0.2, -0.15) is 13.2 Å². The lowest BCUT2D eigenvalue weighted by Crippen LogP contribution is -2.31. The Morgan fingerprint density at radius 2 is 1.69 bits per heavy atom. The number of alkyl halides is 3. The van der Waals surface area contributed by atoms with Crippen molar-refractivity contribution in [1.82, 2.24) is 0 Å². The molecule has 0 bridgehead atoms. The monoisotopic (exact) mass is 386 g/mol. The van der Waals surface area contributed by atoms with Crippen molar-refractivity contribution in [3.63, 3.8) is 0 Å². The second-order valence-electron chi connectivity index (χ2n) is 5.10. The van der Waals surface area contributed by atoms with Gasteiger partial charge in [0, 0.05) is 0 Å². The molecule has 9 heteroatoms. The van der Waals surface area contributed by atoms with E-state index in [9.17, 15) is 22.8 Å². The number of carbonyl (C=O) groups is 2. The number of nitrogens with two attached hydrogens (primary N) is 1. The minimum Gasteiger partial charge on any atom is -0.462 e. The highest BCUT2D eigenvalue weighted by molar-refractivity contribution is 6.31. The molecule has 138 valence electrons. The van der Waals surface area contributed by atoms with Crippen molar-refractivity contribution in [2.45, 2.75) is 13.1 Å². The summed E-state index contributed by atoms with van der Waals surface area (Å²) in [6, 6.07) is 7.51. The van der Waals surface area contributed by atoms with Gasteiger partial charge in [0.2, 0.25) is 0 Å². The first-order valence-corrected chi connectivity index (χ1v) is 7.76. The molecule has 0 unspecified atom stereocenters. The summed E-state index contributed by atoms with van der Waals surface area (Å²) in [6.45, 7) is 1.85. The first-order valence-electron chi connectivity index (χ1n) is 7.38. The summed E-state index contributed by atoms with van der Waals surface area (Å²) in [4.78, 5) is 24.3. The molecule has 0 saturated carbocycles. The second-order valence-corrected chi connectivity index (χ2v) is 5.51. The average Bonchev–Trinajstić information content (AvgIpc) is 2.56. The number of halogens is 4. The number of anilines is 2. The highest BCUT2D eigenvalue weighted by atomic mass is 35.5. The van der Waals surface area contributed by atoms with Crippen LogP contribution in [-0.4, -0.2) is 18.6 Å². The van der Waals surface area contributed by atoms with E-state index in [0.29, 0.717) is 0 Å². The van der Waals surface area contributed by atoms with E-state index in [1.165, 1.54) is 30.3 Å². The van der Waals surface area contributed by atoms with Gasteiger partial charge < -0.3 is 10.5 Å². The van der Waals surface area contributed by atoms with E-state index in [1.54, 1.807) is 6.92 Å². The fourth-order valence-electron chi connectivity index (χ4n) is 2.23. The number of hydrogen-bond donors (Lipinski definition) is 1. The molecule has 2 rings (SSSR count). The topological polar surface area (TPSA) is 72.6 Å². The number of primary amides is 1. The molecule has 2 aromatic carbocycles. The summed E-state index contributed by atoms with van der Waals surface area (Å²) in [6.07, 6.45) is -4.69. The van der Waals surface area contributed by atoms with Crippen LogP contribution in [0.4, 0.5) is 29.3 Å². The number of rotatable bonds is 4. The molecule has 2 amide bonds. The summed E-state index contributed by atoms with van der Waals surface area (Å²) in [7, 11) is 0.